The van der Waals surface area contributed by atoms with E-state index in [0.29, 0.717) is 0 Å². The molecule has 2 unspecified atom stereocenters. The van der Waals surface area contributed by atoms with Gasteiger partial charge in [0, 0.05) is 6.08 Å². The zero-order valence-corrected chi connectivity index (χ0v) is 5.56. The summed E-state index contributed by atoms with van der Waals surface area (Å²) in [5.41, 5.74) is 0. The fraction of sp³-hybridized carbons (Fsp3) is 0.333. The zero-order valence-electron chi connectivity index (χ0n) is 5.56. The number of rotatable bonds is 0. The molecule has 6 heteroatoms. The van der Waals surface area contributed by atoms with Gasteiger partial charge in [-0.05, 0) is 0 Å². The van der Waals surface area contributed by atoms with Crippen molar-refractivity contribution in [3.63, 3.8) is 0 Å². The average Bonchev–Trinajstić information content (AvgIpc) is 1.99. The molecule has 1 aliphatic rings. The molecule has 0 spiro atoms. The van der Waals surface area contributed by atoms with Crippen LogP contribution in [0.5, 0.6) is 0 Å². The first-order valence-corrected chi connectivity index (χ1v) is 2.89. The average molecular weight is 184 g/mol. The Morgan fingerprint density at radius 1 is 1.42 bits per heavy atom. The lowest BCUT2D eigenvalue weighted by atomic mass is 10.0. The minimum absolute atomic E-state index is 0.0635. The number of hydrogen-bond acceptors (Lipinski definition) is 2. The van der Waals surface area contributed by atoms with E-state index in [0.717, 1.165) is 0 Å². The highest BCUT2D eigenvalue weighted by atomic mass is 19.2. The summed E-state index contributed by atoms with van der Waals surface area (Å²) < 4.78 is 49.3. The van der Waals surface area contributed by atoms with Crippen LogP contribution in [0.4, 0.5) is 17.6 Å². The van der Waals surface area contributed by atoms with Crippen LogP contribution in [0, 0.1) is 0 Å². The molecule has 12 heavy (non-hydrogen) atoms. The zero-order chi connectivity index (χ0) is 9.52. The maximum absolute atomic E-state index is 12.5. The predicted molar refractivity (Wildman–Crippen MR) is 30.9 cm³/mol. The van der Waals surface area contributed by atoms with E-state index in [2.05, 4.69) is 0 Å². The first-order valence-electron chi connectivity index (χ1n) is 2.89. The van der Waals surface area contributed by atoms with E-state index < -0.39 is 29.4 Å². The van der Waals surface area contributed by atoms with E-state index in [1.807, 2.05) is 0 Å². The SMILES string of the molecule is OC1=CC(F)=C(F)C(O)(F)C1F. The molecule has 0 radical (unpaired) electrons. The van der Waals surface area contributed by atoms with Gasteiger partial charge in [0.25, 0.3) is 0 Å². The summed E-state index contributed by atoms with van der Waals surface area (Å²) in [4.78, 5) is 0. The standard InChI is InChI=1S/C6H4F4O2/c7-2-1-3(11)5(9)6(10,12)4(2)8/h1,5,11-12H. The highest BCUT2D eigenvalue weighted by molar-refractivity contribution is 5.31. The van der Waals surface area contributed by atoms with Gasteiger partial charge in [-0.2, -0.15) is 0 Å². The number of alkyl halides is 2. The Morgan fingerprint density at radius 2 is 1.92 bits per heavy atom. The number of aliphatic hydroxyl groups excluding tert-OH is 1. The van der Waals surface area contributed by atoms with Crippen molar-refractivity contribution in [1.82, 2.24) is 0 Å². The third-order valence-electron chi connectivity index (χ3n) is 1.39. The third-order valence-corrected chi connectivity index (χ3v) is 1.39. The maximum Gasteiger partial charge on any atom is 0.301 e. The van der Waals surface area contributed by atoms with Crippen molar-refractivity contribution < 1.29 is 27.8 Å². The van der Waals surface area contributed by atoms with Crippen LogP contribution in [-0.4, -0.2) is 22.2 Å². The monoisotopic (exact) mass is 184 g/mol. The molecule has 0 aromatic rings. The van der Waals surface area contributed by atoms with E-state index in [9.17, 15) is 17.6 Å². The maximum atomic E-state index is 12.5. The summed E-state index contributed by atoms with van der Waals surface area (Å²) in [5, 5.41) is 16.8. The van der Waals surface area contributed by atoms with Crippen LogP contribution in [0.25, 0.3) is 0 Å². The summed E-state index contributed by atoms with van der Waals surface area (Å²) in [5.74, 6) is -9.60. The topological polar surface area (TPSA) is 40.5 Å². The number of aliphatic hydroxyl groups is 2. The Bertz CT molecular complexity index is 269. The second-order valence-electron chi connectivity index (χ2n) is 2.27. The summed E-state index contributed by atoms with van der Waals surface area (Å²) in [6.45, 7) is 0. The molecule has 0 saturated carbocycles. The molecule has 68 valence electrons. The Balaban J connectivity index is 3.18. The normalized spacial score (nSPS) is 36.8. The Kier molecular flexibility index (Phi) is 1.87. The van der Waals surface area contributed by atoms with E-state index in [4.69, 9.17) is 10.2 Å². The second-order valence-corrected chi connectivity index (χ2v) is 2.27. The molecule has 0 amide bonds. The molecule has 1 rings (SSSR count). The minimum Gasteiger partial charge on any atom is -0.509 e. The fourth-order valence-electron chi connectivity index (χ4n) is 0.741. The van der Waals surface area contributed by atoms with E-state index >= 15 is 0 Å². The van der Waals surface area contributed by atoms with Gasteiger partial charge in [-0.15, -0.1) is 0 Å². The summed E-state index contributed by atoms with van der Waals surface area (Å²) in [6.07, 6.45) is -2.93. The fourth-order valence-corrected chi connectivity index (χ4v) is 0.741. The lowest BCUT2D eigenvalue weighted by molar-refractivity contribution is -0.127. The first kappa shape index (κ1) is 9.05. The van der Waals surface area contributed by atoms with Crippen molar-refractivity contribution in [1.29, 1.82) is 0 Å². The molecule has 2 atom stereocenters. The quantitative estimate of drug-likeness (QED) is 0.561. The van der Waals surface area contributed by atoms with Crippen LogP contribution in [0.2, 0.25) is 0 Å². The highest BCUT2D eigenvalue weighted by Crippen LogP contribution is 2.36. The van der Waals surface area contributed by atoms with E-state index in [-0.39, 0.29) is 6.08 Å². The van der Waals surface area contributed by atoms with Crippen LogP contribution in [0.3, 0.4) is 0 Å². The largest absolute Gasteiger partial charge is 0.509 e. The molecule has 1 aliphatic carbocycles. The van der Waals surface area contributed by atoms with Gasteiger partial charge < -0.3 is 10.2 Å². The van der Waals surface area contributed by atoms with Gasteiger partial charge in [0.2, 0.25) is 12.0 Å². The molecule has 0 aliphatic heterocycles. The lowest BCUT2D eigenvalue weighted by Gasteiger charge is -2.23. The van der Waals surface area contributed by atoms with Crippen molar-refractivity contribution in [2.75, 3.05) is 0 Å². The van der Waals surface area contributed by atoms with Crippen molar-refractivity contribution in [2.24, 2.45) is 0 Å². The smallest absolute Gasteiger partial charge is 0.301 e. The molecule has 0 saturated heterocycles. The second kappa shape index (κ2) is 2.48. The van der Waals surface area contributed by atoms with Gasteiger partial charge in [-0.1, -0.05) is 0 Å². The summed E-state index contributed by atoms with van der Waals surface area (Å²) in [7, 11) is 0. The number of halogens is 4. The predicted octanol–water partition coefficient (Wildman–Crippen LogP) is 1.59. The number of allylic oxidation sites excluding steroid dienone is 2. The van der Waals surface area contributed by atoms with Crippen LogP contribution >= 0.6 is 0 Å². The third kappa shape index (κ3) is 1.08. The lowest BCUT2D eigenvalue weighted by Crippen LogP contribution is -2.39. The van der Waals surface area contributed by atoms with Gasteiger partial charge in [0.1, 0.15) is 5.76 Å². The van der Waals surface area contributed by atoms with Crippen LogP contribution in [0.1, 0.15) is 0 Å². The molecule has 2 N–H and O–H groups in total. The Labute approximate surface area is 64.4 Å². The number of hydrogen-bond donors (Lipinski definition) is 2. The Morgan fingerprint density at radius 3 is 2.42 bits per heavy atom. The van der Waals surface area contributed by atoms with E-state index in [1.54, 1.807) is 0 Å². The van der Waals surface area contributed by atoms with Gasteiger partial charge in [-0.25, -0.2) is 17.6 Å². The van der Waals surface area contributed by atoms with Gasteiger partial charge in [0.15, 0.2) is 5.83 Å². The van der Waals surface area contributed by atoms with Crippen molar-refractivity contribution in [3.05, 3.63) is 23.5 Å². The molecule has 0 heterocycles. The van der Waals surface area contributed by atoms with Crippen molar-refractivity contribution in [2.45, 2.75) is 12.0 Å². The van der Waals surface area contributed by atoms with Gasteiger partial charge >= 0.3 is 5.85 Å². The molecule has 0 aromatic heterocycles. The van der Waals surface area contributed by atoms with Gasteiger partial charge in [-0.3, -0.25) is 0 Å². The van der Waals surface area contributed by atoms with Crippen LogP contribution in [0.15, 0.2) is 23.5 Å². The van der Waals surface area contributed by atoms with Crippen molar-refractivity contribution in [3.8, 4) is 0 Å². The minimum atomic E-state index is -4.11. The van der Waals surface area contributed by atoms with Crippen LogP contribution in [-0.2, 0) is 0 Å². The molecule has 2 nitrogen and oxygen atoms in total. The van der Waals surface area contributed by atoms with Crippen molar-refractivity contribution >= 4 is 0 Å². The summed E-state index contributed by atoms with van der Waals surface area (Å²) >= 11 is 0. The molecule has 0 fully saturated rings. The molecular formula is C6H4F4O2. The summed E-state index contributed by atoms with van der Waals surface area (Å²) in [6, 6.07) is 0. The molecular weight excluding hydrogens is 180 g/mol. The Hall–Kier alpha value is -1.04. The first-order chi connectivity index (χ1) is 5.37. The highest BCUT2D eigenvalue weighted by Gasteiger charge is 2.49. The van der Waals surface area contributed by atoms with Gasteiger partial charge in [0.05, 0.1) is 0 Å². The van der Waals surface area contributed by atoms with Crippen LogP contribution < -0.4 is 0 Å². The van der Waals surface area contributed by atoms with E-state index in [1.165, 1.54) is 0 Å². The molecule has 0 aromatic carbocycles. The molecule has 0 bridgehead atoms.